The van der Waals surface area contributed by atoms with E-state index in [1.165, 1.54) is 0 Å². The van der Waals surface area contributed by atoms with Crippen molar-refractivity contribution in [3.8, 4) is 17.0 Å². The smallest absolute Gasteiger partial charge is 0.151 e. The molecule has 2 saturated heterocycles. The van der Waals surface area contributed by atoms with Crippen LogP contribution in [0.15, 0.2) is 30.3 Å². The van der Waals surface area contributed by atoms with Gasteiger partial charge in [0.1, 0.15) is 5.75 Å². The second-order valence-corrected chi connectivity index (χ2v) is 6.97. The molecular weight excluding hydrogens is 316 g/mol. The lowest BCUT2D eigenvalue weighted by atomic mass is 9.99. The normalized spacial score (nSPS) is 24.2. The van der Waals surface area contributed by atoms with Crippen LogP contribution < -0.4 is 4.90 Å². The zero-order chi connectivity index (χ0) is 17.4. The number of hydrogen-bond donors (Lipinski definition) is 1. The van der Waals surface area contributed by atoms with Gasteiger partial charge in [-0.2, -0.15) is 0 Å². The van der Waals surface area contributed by atoms with Crippen molar-refractivity contribution in [2.24, 2.45) is 0 Å². The number of aryl methyl sites for hydroxylation is 1. The highest BCUT2D eigenvalue weighted by Gasteiger charge is 2.36. The summed E-state index contributed by atoms with van der Waals surface area (Å²) < 4.78 is 5.96. The molecule has 1 aromatic carbocycles. The van der Waals surface area contributed by atoms with Crippen molar-refractivity contribution < 1.29 is 9.84 Å². The summed E-state index contributed by atoms with van der Waals surface area (Å²) in [5.74, 6) is 1.12. The first-order valence-electron chi connectivity index (χ1n) is 8.83. The number of fused-ring (bicyclic) bond motifs is 1. The highest BCUT2D eigenvalue weighted by Crippen LogP contribution is 2.32. The van der Waals surface area contributed by atoms with E-state index in [1.54, 1.807) is 6.07 Å². The van der Waals surface area contributed by atoms with Gasteiger partial charge in [0.25, 0.3) is 0 Å². The van der Waals surface area contributed by atoms with Crippen molar-refractivity contribution >= 4 is 5.82 Å². The zero-order valence-corrected chi connectivity index (χ0v) is 14.7. The van der Waals surface area contributed by atoms with E-state index in [9.17, 15) is 5.11 Å². The Morgan fingerprint density at radius 2 is 2.04 bits per heavy atom. The molecular formula is C19H24N4O2. The Morgan fingerprint density at radius 3 is 2.80 bits per heavy atom. The lowest BCUT2D eigenvalue weighted by Crippen LogP contribution is -2.59. The van der Waals surface area contributed by atoms with Gasteiger partial charge in [0, 0.05) is 25.2 Å². The van der Waals surface area contributed by atoms with Gasteiger partial charge < -0.3 is 19.6 Å². The minimum absolute atomic E-state index is 0.238. The molecule has 0 bridgehead atoms. The number of phenolic OH excluding ortho intramolecular Hbond substituents is 1. The molecule has 1 N–H and O–H groups in total. The van der Waals surface area contributed by atoms with Crippen LogP contribution in [-0.4, -0.2) is 65.6 Å². The third-order valence-corrected chi connectivity index (χ3v) is 5.24. The molecule has 4 rings (SSSR count). The summed E-state index contributed by atoms with van der Waals surface area (Å²) in [6.45, 7) is 5.58. The highest BCUT2D eigenvalue weighted by molar-refractivity contribution is 5.70. The lowest BCUT2D eigenvalue weighted by Gasteiger charge is -2.46. The van der Waals surface area contributed by atoms with Gasteiger partial charge >= 0.3 is 0 Å². The van der Waals surface area contributed by atoms with Gasteiger partial charge in [0.15, 0.2) is 5.82 Å². The summed E-state index contributed by atoms with van der Waals surface area (Å²) in [5, 5.41) is 19.0. The van der Waals surface area contributed by atoms with E-state index in [1.807, 2.05) is 31.2 Å². The molecule has 2 aliphatic rings. The Hall–Kier alpha value is -2.18. The third kappa shape index (κ3) is 3.07. The number of anilines is 1. The van der Waals surface area contributed by atoms with Crippen molar-refractivity contribution in [3.05, 3.63) is 35.9 Å². The van der Waals surface area contributed by atoms with Gasteiger partial charge in [-0.3, -0.25) is 0 Å². The van der Waals surface area contributed by atoms with Crippen molar-refractivity contribution in [1.29, 1.82) is 0 Å². The summed E-state index contributed by atoms with van der Waals surface area (Å²) in [6, 6.07) is 9.76. The number of piperidine rings is 1. The first kappa shape index (κ1) is 16.3. The maximum atomic E-state index is 10.1. The van der Waals surface area contributed by atoms with Crippen molar-refractivity contribution in [2.75, 3.05) is 38.2 Å². The Kier molecular flexibility index (Phi) is 4.31. The number of ether oxygens (including phenoxy) is 1. The van der Waals surface area contributed by atoms with E-state index in [2.05, 4.69) is 27.0 Å². The second kappa shape index (κ2) is 6.61. The summed E-state index contributed by atoms with van der Waals surface area (Å²) in [4.78, 5) is 4.66. The van der Waals surface area contributed by atoms with Gasteiger partial charge in [-0.25, -0.2) is 0 Å². The van der Waals surface area contributed by atoms with E-state index in [0.29, 0.717) is 11.7 Å². The average Bonchev–Trinajstić information content (AvgIpc) is 2.62. The first-order chi connectivity index (χ1) is 12.1. The molecule has 2 aromatic rings. The quantitative estimate of drug-likeness (QED) is 0.903. The fraction of sp³-hybridized carbons (Fsp3) is 0.474. The Balaban J connectivity index is 1.61. The van der Waals surface area contributed by atoms with E-state index < -0.39 is 0 Å². The molecule has 25 heavy (non-hydrogen) atoms. The molecule has 2 atom stereocenters. The number of aromatic hydroxyl groups is 1. The molecule has 2 fully saturated rings. The number of aromatic nitrogens is 2. The number of likely N-dealkylation sites (N-methyl/N-ethyl adjacent to an activating group) is 1. The average molecular weight is 340 g/mol. The monoisotopic (exact) mass is 340 g/mol. The molecule has 0 radical (unpaired) electrons. The fourth-order valence-electron chi connectivity index (χ4n) is 3.91. The van der Waals surface area contributed by atoms with Crippen LogP contribution in [0, 0.1) is 6.92 Å². The van der Waals surface area contributed by atoms with Gasteiger partial charge in [0.2, 0.25) is 0 Å². The maximum absolute atomic E-state index is 10.1. The molecule has 0 saturated carbocycles. The fourth-order valence-corrected chi connectivity index (χ4v) is 3.91. The van der Waals surface area contributed by atoms with Crippen LogP contribution in [0.5, 0.6) is 5.75 Å². The summed E-state index contributed by atoms with van der Waals surface area (Å²) >= 11 is 0. The number of nitrogens with zero attached hydrogens (tertiary/aromatic N) is 4. The van der Waals surface area contributed by atoms with Crippen LogP contribution in [0.4, 0.5) is 5.82 Å². The number of phenols is 1. The van der Waals surface area contributed by atoms with E-state index in [0.717, 1.165) is 49.6 Å². The summed E-state index contributed by atoms with van der Waals surface area (Å²) in [6.07, 6.45) is 1.33. The Morgan fingerprint density at radius 1 is 1.16 bits per heavy atom. The van der Waals surface area contributed by atoms with Crippen LogP contribution >= 0.6 is 0 Å². The molecule has 0 spiro atoms. The Labute approximate surface area is 148 Å². The topological polar surface area (TPSA) is 61.7 Å². The van der Waals surface area contributed by atoms with E-state index in [-0.39, 0.29) is 11.9 Å². The summed E-state index contributed by atoms with van der Waals surface area (Å²) in [7, 11) is 2.15. The third-order valence-electron chi connectivity index (χ3n) is 5.24. The van der Waals surface area contributed by atoms with Crippen molar-refractivity contribution in [2.45, 2.75) is 25.5 Å². The SMILES string of the molecule is Cc1cccc(O)c1-c1ccc(N2CCO[C@H]3CCN(C)C[C@H]32)nn1. The largest absolute Gasteiger partial charge is 0.507 e. The van der Waals surface area contributed by atoms with E-state index in [4.69, 9.17) is 4.74 Å². The molecule has 6 heteroatoms. The first-order valence-corrected chi connectivity index (χ1v) is 8.83. The van der Waals surface area contributed by atoms with Crippen LogP contribution in [0.25, 0.3) is 11.3 Å². The molecule has 0 unspecified atom stereocenters. The minimum Gasteiger partial charge on any atom is -0.507 e. The number of likely N-dealkylation sites (tertiary alicyclic amines) is 1. The van der Waals surface area contributed by atoms with E-state index >= 15 is 0 Å². The van der Waals surface area contributed by atoms with Gasteiger partial charge in [-0.05, 0) is 44.2 Å². The highest BCUT2D eigenvalue weighted by atomic mass is 16.5. The van der Waals surface area contributed by atoms with Gasteiger partial charge in [-0.15, -0.1) is 10.2 Å². The standard InChI is InChI=1S/C19H24N4O2/c1-13-4-3-5-16(24)19(13)14-6-7-18(21-20-14)23-10-11-25-17-8-9-22(2)12-15(17)23/h3-7,15,17,24H,8-12H2,1-2H3/t15-,17+/m1/s1. The predicted octanol–water partition coefficient (Wildman–Crippen LogP) is 2.07. The zero-order valence-electron chi connectivity index (χ0n) is 14.7. The molecule has 0 aliphatic carbocycles. The number of rotatable bonds is 2. The number of hydrogen-bond acceptors (Lipinski definition) is 6. The molecule has 1 aromatic heterocycles. The van der Waals surface area contributed by atoms with Crippen LogP contribution in [0.3, 0.4) is 0 Å². The number of benzene rings is 1. The van der Waals surface area contributed by atoms with Gasteiger partial charge in [0.05, 0.1) is 24.4 Å². The molecule has 6 nitrogen and oxygen atoms in total. The van der Waals surface area contributed by atoms with Crippen molar-refractivity contribution in [1.82, 2.24) is 15.1 Å². The van der Waals surface area contributed by atoms with Crippen molar-refractivity contribution in [3.63, 3.8) is 0 Å². The molecule has 3 heterocycles. The predicted molar refractivity (Wildman–Crippen MR) is 96.9 cm³/mol. The molecule has 132 valence electrons. The number of morpholine rings is 1. The van der Waals surface area contributed by atoms with Crippen LogP contribution in [0.1, 0.15) is 12.0 Å². The minimum atomic E-state index is 0.238. The maximum Gasteiger partial charge on any atom is 0.151 e. The lowest BCUT2D eigenvalue weighted by molar-refractivity contribution is -0.0246. The Bertz CT molecular complexity index is 729. The second-order valence-electron chi connectivity index (χ2n) is 6.97. The summed E-state index contributed by atoms with van der Waals surface area (Å²) in [5.41, 5.74) is 2.44. The van der Waals surface area contributed by atoms with Gasteiger partial charge in [-0.1, -0.05) is 12.1 Å². The molecule has 0 amide bonds. The van der Waals surface area contributed by atoms with Crippen LogP contribution in [0.2, 0.25) is 0 Å². The van der Waals surface area contributed by atoms with Crippen LogP contribution in [-0.2, 0) is 4.74 Å². The molecule has 2 aliphatic heterocycles.